The lowest BCUT2D eigenvalue weighted by Gasteiger charge is -2.24. The van der Waals surface area contributed by atoms with Crippen molar-refractivity contribution in [3.8, 4) is 0 Å². The van der Waals surface area contributed by atoms with Crippen molar-refractivity contribution in [1.29, 1.82) is 0 Å². The lowest BCUT2D eigenvalue weighted by atomic mass is 10.0. The van der Waals surface area contributed by atoms with Crippen LogP contribution in [0.3, 0.4) is 0 Å². The van der Waals surface area contributed by atoms with Crippen molar-refractivity contribution in [3.05, 3.63) is 29.8 Å². The van der Waals surface area contributed by atoms with Crippen molar-refractivity contribution in [2.24, 2.45) is 0 Å². The van der Waals surface area contributed by atoms with Gasteiger partial charge in [-0.05, 0) is 19.0 Å². The molecule has 1 saturated heterocycles. The van der Waals surface area contributed by atoms with E-state index in [0.717, 1.165) is 24.2 Å². The summed E-state index contributed by atoms with van der Waals surface area (Å²) in [5.41, 5.74) is 1.25. The van der Waals surface area contributed by atoms with E-state index in [0.29, 0.717) is 13.2 Å². The molecule has 4 nitrogen and oxygen atoms in total. The molecule has 0 aromatic heterocycles. The smallest absolute Gasteiger partial charge is 0.258 e. The van der Waals surface area contributed by atoms with Crippen LogP contribution in [0, 0.1) is 0 Å². The van der Waals surface area contributed by atoms with Gasteiger partial charge in [0.2, 0.25) is 0 Å². The molecule has 16 heavy (non-hydrogen) atoms. The van der Waals surface area contributed by atoms with Crippen LogP contribution in [0.2, 0.25) is 0 Å². The third-order valence-corrected chi connectivity index (χ3v) is 3.30. The van der Waals surface area contributed by atoms with Crippen LogP contribution in [0.5, 0.6) is 0 Å². The first-order valence-electron chi connectivity index (χ1n) is 5.54. The van der Waals surface area contributed by atoms with Crippen molar-refractivity contribution in [1.82, 2.24) is 5.32 Å². The molecular weight excluding hydrogens is 204 g/mol. The third kappa shape index (κ3) is 1.42. The number of ether oxygens (including phenoxy) is 1. The van der Waals surface area contributed by atoms with Crippen LogP contribution < -0.4 is 10.6 Å². The average molecular weight is 218 g/mol. The summed E-state index contributed by atoms with van der Waals surface area (Å²) in [6.45, 7) is 1.94. The molecule has 0 radical (unpaired) electrons. The molecule has 1 amide bonds. The highest BCUT2D eigenvalue weighted by atomic mass is 16.5. The molecule has 3 rings (SSSR count). The molecule has 2 heterocycles. The molecule has 1 fully saturated rings. The number of anilines is 1. The number of nitrogens with one attached hydrogen (secondary N) is 2. The summed E-state index contributed by atoms with van der Waals surface area (Å²) in [6.07, 6.45) is 0.743. The number of para-hydroxylation sites is 1. The van der Waals surface area contributed by atoms with Crippen LogP contribution in [0.1, 0.15) is 12.0 Å². The molecule has 1 aromatic rings. The van der Waals surface area contributed by atoms with Gasteiger partial charge in [0.1, 0.15) is 0 Å². The summed E-state index contributed by atoms with van der Waals surface area (Å²) in [5.74, 6) is -0.0255. The van der Waals surface area contributed by atoms with Gasteiger partial charge in [-0.1, -0.05) is 18.2 Å². The standard InChI is InChI=1S/C12H14N2O2/c15-11-12(5-6-13-8-12)16-7-9-3-1-2-4-10(9)14-11/h1-4,13H,5-8H2,(H,14,15). The van der Waals surface area contributed by atoms with Crippen molar-refractivity contribution in [2.75, 3.05) is 18.4 Å². The Morgan fingerprint density at radius 1 is 1.31 bits per heavy atom. The van der Waals surface area contributed by atoms with E-state index in [1.165, 1.54) is 0 Å². The Morgan fingerprint density at radius 2 is 2.19 bits per heavy atom. The molecule has 2 aliphatic heterocycles. The van der Waals surface area contributed by atoms with E-state index < -0.39 is 5.60 Å². The highest BCUT2D eigenvalue weighted by molar-refractivity contribution is 5.98. The second-order valence-electron chi connectivity index (χ2n) is 4.32. The van der Waals surface area contributed by atoms with Gasteiger partial charge in [0.15, 0.2) is 5.60 Å². The van der Waals surface area contributed by atoms with E-state index >= 15 is 0 Å². The van der Waals surface area contributed by atoms with Gasteiger partial charge in [0, 0.05) is 17.8 Å². The lowest BCUT2D eigenvalue weighted by molar-refractivity contribution is -0.139. The van der Waals surface area contributed by atoms with Crippen LogP contribution in [-0.2, 0) is 16.1 Å². The van der Waals surface area contributed by atoms with Crippen LogP contribution in [0.4, 0.5) is 5.69 Å². The Labute approximate surface area is 94.0 Å². The highest BCUT2D eigenvalue weighted by Crippen LogP contribution is 2.29. The van der Waals surface area contributed by atoms with Crippen LogP contribution in [-0.4, -0.2) is 24.6 Å². The second-order valence-corrected chi connectivity index (χ2v) is 4.32. The predicted molar refractivity (Wildman–Crippen MR) is 60.1 cm³/mol. The largest absolute Gasteiger partial charge is 0.359 e. The number of carbonyl (C=O) groups excluding carboxylic acids is 1. The monoisotopic (exact) mass is 218 g/mol. The molecular formula is C12H14N2O2. The normalized spacial score (nSPS) is 28.6. The number of fused-ring (bicyclic) bond motifs is 1. The topological polar surface area (TPSA) is 50.4 Å². The van der Waals surface area contributed by atoms with Gasteiger partial charge < -0.3 is 15.4 Å². The number of hydrogen-bond donors (Lipinski definition) is 2. The minimum atomic E-state index is -0.668. The van der Waals surface area contributed by atoms with Gasteiger partial charge in [-0.2, -0.15) is 0 Å². The summed E-state index contributed by atoms with van der Waals surface area (Å²) in [5, 5.41) is 6.13. The summed E-state index contributed by atoms with van der Waals surface area (Å²) in [6, 6.07) is 7.78. The van der Waals surface area contributed by atoms with Crippen LogP contribution in [0.15, 0.2) is 24.3 Å². The zero-order chi connectivity index (χ0) is 11.0. The SMILES string of the molecule is O=C1Nc2ccccc2COC12CCNC2. The van der Waals surface area contributed by atoms with Crippen molar-refractivity contribution in [3.63, 3.8) is 0 Å². The molecule has 2 aliphatic rings. The molecule has 0 saturated carbocycles. The summed E-state index contributed by atoms with van der Waals surface area (Å²) in [4.78, 5) is 12.1. The summed E-state index contributed by atoms with van der Waals surface area (Å²) in [7, 11) is 0. The number of rotatable bonds is 0. The predicted octanol–water partition coefficient (Wildman–Crippen LogP) is 0.887. The van der Waals surface area contributed by atoms with Gasteiger partial charge >= 0.3 is 0 Å². The fourth-order valence-corrected chi connectivity index (χ4v) is 2.27. The van der Waals surface area contributed by atoms with E-state index in [2.05, 4.69) is 10.6 Å². The van der Waals surface area contributed by atoms with Gasteiger partial charge in [0.25, 0.3) is 5.91 Å². The molecule has 1 atom stereocenters. The third-order valence-electron chi connectivity index (χ3n) is 3.30. The van der Waals surface area contributed by atoms with Crippen molar-refractivity contribution < 1.29 is 9.53 Å². The zero-order valence-corrected chi connectivity index (χ0v) is 8.95. The summed E-state index contributed by atoms with van der Waals surface area (Å²) >= 11 is 0. The van der Waals surface area contributed by atoms with Crippen LogP contribution >= 0.6 is 0 Å². The quantitative estimate of drug-likeness (QED) is 0.680. The van der Waals surface area contributed by atoms with Crippen molar-refractivity contribution in [2.45, 2.75) is 18.6 Å². The number of hydrogen-bond acceptors (Lipinski definition) is 3. The first-order valence-corrected chi connectivity index (χ1v) is 5.54. The Balaban J connectivity index is 1.95. The molecule has 2 N–H and O–H groups in total. The Kier molecular flexibility index (Phi) is 2.19. The number of benzene rings is 1. The van der Waals surface area contributed by atoms with Gasteiger partial charge in [-0.25, -0.2) is 0 Å². The van der Waals surface area contributed by atoms with Crippen molar-refractivity contribution >= 4 is 11.6 Å². The maximum Gasteiger partial charge on any atom is 0.258 e. The molecule has 0 bridgehead atoms. The Bertz CT molecular complexity index is 425. The lowest BCUT2D eigenvalue weighted by Crippen LogP contribution is -2.45. The Hall–Kier alpha value is -1.39. The number of carbonyl (C=O) groups is 1. The number of amides is 1. The van der Waals surface area contributed by atoms with E-state index in [-0.39, 0.29) is 5.91 Å². The van der Waals surface area contributed by atoms with Gasteiger partial charge in [-0.15, -0.1) is 0 Å². The molecule has 1 spiro atoms. The average Bonchev–Trinajstić information content (AvgIpc) is 2.72. The second kappa shape index (κ2) is 3.57. The fourth-order valence-electron chi connectivity index (χ4n) is 2.27. The Morgan fingerprint density at radius 3 is 3.00 bits per heavy atom. The van der Waals surface area contributed by atoms with Gasteiger partial charge in [0.05, 0.1) is 6.61 Å². The molecule has 1 aromatic carbocycles. The molecule has 84 valence electrons. The van der Waals surface area contributed by atoms with E-state index in [4.69, 9.17) is 4.74 Å². The van der Waals surface area contributed by atoms with Crippen LogP contribution in [0.25, 0.3) is 0 Å². The maximum absolute atomic E-state index is 12.1. The fraction of sp³-hybridized carbons (Fsp3) is 0.417. The molecule has 1 unspecified atom stereocenters. The van der Waals surface area contributed by atoms with E-state index in [1.807, 2.05) is 24.3 Å². The first kappa shape index (κ1) is 9.81. The molecule has 4 heteroatoms. The minimum Gasteiger partial charge on any atom is -0.359 e. The van der Waals surface area contributed by atoms with Gasteiger partial charge in [-0.3, -0.25) is 4.79 Å². The zero-order valence-electron chi connectivity index (χ0n) is 8.95. The van der Waals surface area contributed by atoms with E-state index in [1.54, 1.807) is 0 Å². The maximum atomic E-state index is 12.1. The first-order chi connectivity index (χ1) is 7.80. The van der Waals surface area contributed by atoms with E-state index in [9.17, 15) is 4.79 Å². The minimum absolute atomic E-state index is 0.0255. The highest BCUT2D eigenvalue weighted by Gasteiger charge is 2.44. The summed E-state index contributed by atoms with van der Waals surface area (Å²) < 4.78 is 5.82. The molecule has 0 aliphatic carbocycles.